The van der Waals surface area contributed by atoms with Crippen molar-refractivity contribution in [2.75, 3.05) is 20.3 Å². The Morgan fingerprint density at radius 1 is 1.24 bits per heavy atom. The highest BCUT2D eigenvalue weighted by Gasteiger charge is 2.04. The number of ether oxygens (including phenoxy) is 2. The van der Waals surface area contributed by atoms with Gasteiger partial charge in [-0.2, -0.15) is 0 Å². The molecule has 1 rings (SSSR count). The van der Waals surface area contributed by atoms with Crippen molar-refractivity contribution in [2.24, 2.45) is 0 Å². The van der Waals surface area contributed by atoms with E-state index in [0.29, 0.717) is 12.6 Å². The van der Waals surface area contributed by atoms with E-state index in [4.69, 9.17) is 9.47 Å². The van der Waals surface area contributed by atoms with E-state index in [-0.39, 0.29) is 0 Å². The van der Waals surface area contributed by atoms with Gasteiger partial charge in [0.15, 0.2) is 0 Å². The van der Waals surface area contributed by atoms with Crippen LogP contribution in [0.15, 0.2) is 24.3 Å². The van der Waals surface area contributed by atoms with Gasteiger partial charge in [-0.25, -0.2) is 0 Å². The van der Waals surface area contributed by atoms with Gasteiger partial charge in [0.1, 0.15) is 0 Å². The molecule has 17 heavy (non-hydrogen) atoms. The summed E-state index contributed by atoms with van der Waals surface area (Å²) >= 11 is 0. The second kappa shape index (κ2) is 8.23. The van der Waals surface area contributed by atoms with Crippen molar-refractivity contribution in [2.45, 2.75) is 33.0 Å². The van der Waals surface area contributed by atoms with Crippen LogP contribution in [0.5, 0.6) is 0 Å². The molecular formula is C14H23NO2. The first-order chi connectivity index (χ1) is 8.27. The van der Waals surface area contributed by atoms with Gasteiger partial charge in [0.2, 0.25) is 0 Å². The maximum absolute atomic E-state index is 5.37. The number of benzene rings is 1. The van der Waals surface area contributed by atoms with Gasteiger partial charge in [-0.1, -0.05) is 24.3 Å². The molecule has 3 nitrogen and oxygen atoms in total. The van der Waals surface area contributed by atoms with Gasteiger partial charge in [-0.3, -0.25) is 0 Å². The summed E-state index contributed by atoms with van der Waals surface area (Å²) in [5.41, 5.74) is 2.53. The number of rotatable bonds is 8. The Balaban J connectivity index is 2.44. The average Bonchev–Trinajstić information content (AvgIpc) is 2.35. The third-order valence-corrected chi connectivity index (χ3v) is 2.63. The molecule has 1 aromatic rings. The van der Waals surface area contributed by atoms with Gasteiger partial charge in [0.05, 0.1) is 13.2 Å². The SMILES string of the molecule is CCOCC(C)NCc1ccccc1COC. The molecule has 0 aliphatic rings. The third kappa shape index (κ3) is 5.31. The van der Waals surface area contributed by atoms with Crippen molar-refractivity contribution in [1.29, 1.82) is 0 Å². The molecule has 96 valence electrons. The highest BCUT2D eigenvalue weighted by atomic mass is 16.5. The predicted octanol–water partition coefficient (Wildman–Crippen LogP) is 2.35. The van der Waals surface area contributed by atoms with Gasteiger partial charge in [-0.15, -0.1) is 0 Å². The minimum Gasteiger partial charge on any atom is -0.380 e. The summed E-state index contributed by atoms with van der Waals surface area (Å²) in [6.07, 6.45) is 0. The first-order valence-corrected chi connectivity index (χ1v) is 6.14. The Morgan fingerprint density at radius 3 is 2.59 bits per heavy atom. The second-order valence-electron chi connectivity index (χ2n) is 4.14. The van der Waals surface area contributed by atoms with E-state index in [1.807, 2.05) is 13.0 Å². The lowest BCUT2D eigenvalue weighted by molar-refractivity contribution is 0.127. The topological polar surface area (TPSA) is 30.5 Å². The van der Waals surface area contributed by atoms with Crippen molar-refractivity contribution in [3.8, 4) is 0 Å². The molecule has 0 aromatic heterocycles. The Hall–Kier alpha value is -0.900. The van der Waals surface area contributed by atoms with Crippen LogP contribution in [0.25, 0.3) is 0 Å². The summed E-state index contributed by atoms with van der Waals surface area (Å²) in [6.45, 7) is 7.19. The molecule has 0 aliphatic carbocycles. The Morgan fingerprint density at radius 2 is 1.94 bits per heavy atom. The summed E-state index contributed by atoms with van der Waals surface area (Å²) < 4.78 is 10.6. The van der Waals surface area contributed by atoms with Crippen molar-refractivity contribution in [3.05, 3.63) is 35.4 Å². The molecule has 1 aromatic carbocycles. The van der Waals surface area contributed by atoms with Crippen LogP contribution in [0.1, 0.15) is 25.0 Å². The summed E-state index contributed by atoms with van der Waals surface area (Å²) in [6, 6.07) is 8.71. The molecule has 0 spiro atoms. The first kappa shape index (κ1) is 14.2. The van der Waals surface area contributed by atoms with Gasteiger partial charge in [0, 0.05) is 26.3 Å². The maximum Gasteiger partial charge on any atom is 0.0716 e. The van der Waals surface area contributed by atoms with Crippen LogP contribution < -0.4 is 5.32 Å². The molecule has 0 saturated carbocycles. The maximum atomic E-state index is 5.37. The zero-order chi connectivity index (χ0) is 12.5. The van der Waals surface area contributed by atoms with Gasteiger partial charge in [0.25, 0.3) is 0 Å². The van der Waals surface area contributed by atoms with E-state index >= 15 is 0 Å². The minimum atomic E-state index is 0.366. The highest BCUT2D eigenvalue weighted by molar-refractivity contribution is 5.26. The van der Waals surface area contributed by atoms with Crippen molar-refractivity contribution in [1.82, 2.24) is 5.32 Å². The largest absolute Gasteiger partial charge is 0.380 e. The standard InChI is InChI=1S/C14H23NO2/c1-4-17-10-12(2)15-9-13-7-5-6-8-14(13)11-16-3/h5-8,12,15H,4,9-11H2,1-3H3. The molecule has 0 saturated heterocycles. The van der Waals surface area contributed by atoms with Crippen molar-refractivity contribution >= 4 is 0 Å². The highest BCUT2D eigenvalue weighted by Crippen LogP contribution is 2.09. The quantitative estimate of drug-likeness (QED) is 0.753. The normalized spacial score (nSPS) is 12.6. The van der Waals surface area contributed by atoms with Gasteiger partial charge < -0.3 is 14.8 Å². The Bertz CT molecular complexity index is 315. The van der Waals surface area contributed by atoms with E-state index in [1.54, 1.807) is 7.11 Å². The van der Waals surface area contributed by atoms with Crippen LogP contribution in [-0.4, -0.2) is 26.4 Å². The zero-order valence-electron chi connectivity index (χ0n) is 11.0. The van der Waals surface area contributed by atoms with E-state index in [0.717, 1.165) is 19.8 Å². The first-order valence-electron chi connectivity index (χ1n) is 6.14. The summed E-state index contributed by atoms with van der Waals surface area (Å²) in [4.78, 5) is 0. The van der Waals surface area contributed by atoms with Crippen LogP contribution in [0, 0.1) is 0 Å². The molecule has 0 amide bonds. The zero-order valence-corrected chi connectivity index (χ0v) is 11.0. The van der Waals surface area contributed by atoms with E-state index in [9.17, 15) is 0 Å². The molecule has 0 fully saturated rings. The molecule has 1 atom stereocenters. The monoisotopic (exact) mass is 237 g/mol. The van der Waals surface area contributed by atoms with Crippen LogP contribution in [0.3, 0.4) is 0 Å². The van der Waals surface area contributed by atoms with Crippen molar-refractivity contribution in [3.63, 3.8) is 0 Å². The predicted molar refractivity (Wildman–Crippen MR) is 69.9 cm³/mol. The lowest BCUT2D eigenvalue weighted by Crippen LogP contribution is -2.30. The van der Waals surface area contributed by atoms with E-state index in [1.165, 1.54) is 11.1 Å². The van der Waals surface area contributed by atoms with Gasteiger partial charge in [-0.05, 0) is 25.0 Å². The summed E-state index contributed by atoms with van der Waals surface area (Å²) in [7, 11) is 1.72. The fourth-order valence-electron chi connectivity index (χ4n) is 1.66. The van der Waals surface area contributed by atoms with E-state index in [2.05, 4.69) is 30.4 Å². The second-order valence-corrected chi connectivity index (χ2v) is 4.14. The van der Waals surface area contributed by atoms with E-state index < -0.39 is 0 Å². The van der Waals surface area contributed by atoms with Crippen LogP contribution in [-0.2, 0) is 22.6 Å². The summed E-state index contributed by atoms with van der Waals surface area (Å²) in [5, 5.41) is 3.45. The minimum absolute atomic E-state index is 0.366. The molecule has 3 heteroatoms. The van der Waals surface area contributed by atoms with Crippen LogP contribution in [0.2, 0.25) is 0 Å². The molecular weight excluding hydrogens is 214 g/mol. The lowest BCUT2D eigenvalue weighted by atomic mass is 10.1. The molecule has 1 N–H and O–H groups in total. The number of hydrogen-bond donors (Lipinski definition) is 1. The fraction of sp³-hybridized carbons (Fsp3) is 0.571. The number of nitrogens with one attached hydrogen (secondary N) is 1. The van der Waals surface area contributed by atoms with Gasteiger partial charge >= 0.3 is 0 Å². The molecule has 0 radical (unpaired) electrons. The number of methoxy groups -OCH3 is 1. The van der Waals surface area contributed by atoms with Crippen molar-refractivity contribution < 1.29 is 9.47 Å². The molecule has 0 heterocycles. The summed E-state index contributed by atoms with van der Waals surface area (Å²) in [5.74, 6) is 0. The smallest absolute Gasteiger partial charge is 0.0716 e. The molecule has 0 bridgehead atoms. The van der Waals surface area contributed by atoms with Crippen LogP contribution in [0.4, 0.5) is 0 Å². The lowest BCUT2D eigenvalue weighted by Gasteiger charge is -2.15. The number of hydrogen-bond acceptors (Lipinski definition) is 3. The molecule has 1 unspecified atom stereocenters. The average molecular weight is 237 g/mol. The fourth-order valence-corrected chi connectivity index (χ4v) is 1.66. The Kier molecular flexibility index (Phi) is 6.86. The Labute approximate surface area is 104 Å². The molecule has 0 aliphatic heterocycles. The van der Waals surface area contributed by atoms with Crippen LogP contribution >= 0.6 is 0 Å². The third-order valence-electron chi connectivity index (χ3n) is 2.63.